The molecule has 3 N–H and O–H groups in total. The van der Waals surface area contributed by atoms with Gasteiger partial charge in [-0.05, 0) is 17.8 Å². The van der Waals surface area contributed by atoms with Gasteiger partial charge < -0.3 is 10.2 Å². The second-order valence-corrected chi connectivity index (χ2v) is 3.21. The van der Waals surface area contributed by atoms with Crippen molar-refractivity contribution in [3.8, 4) is 0 Å². The van der Waals surface area contributed by atoms with Crippen LogP contribution in [0.2, 0.25) is 0 Å². The average molecular weight is 207 g/mol. The first kappa shape index (κ1) is 9.11. The number of hydrogen-bond donors (Lipinski definition) is 2. The summed E-state index contributed by atoms with van der Waals surface area (Å²) in [6.07, 6.45) is 0. The maximum absolute atomic E-state index is 5.91. The molecule has 1 aromatic carbocycles. The molecule has 4 nitrogen and oxygen atoms in total. The van der Waals surface area contributed by atoms with Crippen molar-refractivity contribution in [3.05, 3.63) is 46.6 Å². The van der Waals surface area contributed by atoms with E-state index < -0.39 is 0 Å². The zero-order chi connectivity index (χ0) is 9.97. The quantitative estimate of drug-likeness (QED) is 0.736. The second-order valence-electron chi connectivity index (χ2n) is 2.84. The lowest BCUT2D eigenvalue weighted by atomic mass is 10.1. The minimum atomic E-state index is -0.371. The van der Waals surface area contributed by atoms with Crippen molar-refractivity contribution in [3.63, 3.8) is 0 Å². The van der Waals surface area contributed by atoms with Gasteiger partial charge in [0, 0.05) is 0 Å². The molecule has 1 atom stereocenters. The lowest BCUT2D eigenvalue weighted by Crippen LogP contribution is -2.11. The van der Waals surface area contributed by atoms with Crippen molar-refractivity contribution in [2.75, 3.05) is 0 Å². The van der Waals surface area contributed by atoms with Crippen LogP contribution in [0.5, 0.6) is 0 Å². The molecule has 2 rings (SSSR count). The minimum absolute atomic E-state index is 0.242. The van der Waals surface area contributed by atoms with Gasteiger partial charge in [0.2, 0.25) is 5.89 Å². The number of aromatic nitrogens is 2. The van der Waals surface area contributed by atoms with Gasteiger partial charge in [-0.15, -0.1) is 5.10 Å². The lowest BCUT2D eigenvalue weighted by molar-refractivity contribution is 0.462. The van der Waals surface area contributed by atoms with Crippen LogP contribution >= 0.6 is 12.2 Å². The fourth-order valence-electron chi connectivity index (χ4n) is 1.18. The molecule has 0 radical (unpaired) electrons. The van der Waals surface area contributed by atoms with Gasteiger partial charge in [0.15, 0.2) is 0 Å². The molecule has 1 aromatic heterocycles. The average Bonchev–Trinajstić information content (AvgIpc) is 2.65. The molecule has 0 aliphatic carbocycles. The number of benzene rings is 1. The molecule has 72 valence electrons. The third-order valence-electron chi connectivity index (χ3n) is 1.88. The van der Waals surface area contributed by atoms with Crippen LogP contribution in [0.1, 0.15) is 17.5 Å². The highest BCUT2D eigenvalue weighted by atomic mass is 32.1. The first-order valence-corrected chi connectivity index (χ1v) is 4.54. The Kier molecular flexibility index (Phi) is 2.43. The highest BCUT2D eigenvalue weighted by Crippen LogP contribution is 2.16. The summed E-state index contributed by atoms with van der Waals surface area (Å²) < 4.78 is 5.12. The van der Waals surface area contributed by atoms with Gasteiger partial charge in [0.1, 0.15) is 6.04 Å². The summed E-state index contributed by atoms with van der Waals surface area (Å²) in [5.74, 6) is 0.404. The number of aromatic amines is 1. The predicted octanol–water partition coefficient (Wildman–Crippen LogP) is 1.78. The van der Waals surface area contributed by atoms with Crippen LogP contribution in [0.4, 0.5) is 0 Å². The smallest absolute Gasteiger partial charge is 0.284 e. The summed E-state index contributed by atoms with van der Waals surface area (Å²) in [6.45, 7) is 0. The van der Waals surface area contributed by atoms with Crippen molar-refractivity contribution in [1.29, 1.82) is 0 Å². The number of hydrogen-bond acceptors (Lipinski definition) is 4. The standard InChI is InChI=1S/C9H9N3OS/c10-7(6-4-2-1-3-5-6)8-11-12-9(14)13-8/h1-5,7H,10H2,(H,12,14). The largest absolute Gasteiger partial charge is 0.412 e. The Labute approximate surface area is 85.8 Å². The molecule has 0 aliphatic heterocycles. The summed E-state index contributed by atoms with van der Waals surface area (Å²) in [5.41, 5.74) is 6.85. The van der Waals surface area contributed by atoms with Gasteiger partial charge >= 0.3 is 0 Å². The number of nitrogens with two attached hydrogens (primary N) is 1. The molecule has 0 fully saturated rings. The highest BCUT2D eigenvalue weighted by molar-refractivity contribution is 7.71. The Morgan fingerprint density at radius 1 is 1.36 bits per heavy atom. The number of nitrogens with zero attached hydrogens (tertiary/aromatic N) is 1. The van der Waals surface area contributed by atoms with Crippen molar-refractivity contribution >= 4 is 12.2 Å². The maximum Gasteiger partial charge on any atom is 0.284 e. The van der Waals surface area contributed by atoms with Gasteiger partial charge in [-0.25, -0.2) is 5.10 Å². The first-order valence-electron chi connectivity index (χ1n) is 4.13. The zero-order valence-electron chi connectivity index (χ0n) is 7.31. The van der Waals surface area contributed by atoms with E-state index in [2.05, 4.69) is 10.2 Å². The SMILES string of the molecule is NC(c1ccccc1)c1n[nH]c(=S)o1. The van der Waals surface area contributed by atoms with Crippen molar-refractivity contribution < 1.29 is 4.42 Å². The summed E-state index contributed by atoms with van der Waals surface area (Å²) in [5, 5.41) is 6.41. The molecule has 0 amide bonds. The Morgan fingerprint density at radius 2 is 2.07 bits per heavy atom. The van der Waals surface area contributed by atoms with Gasteiger partial charge in [-0.3, -0.25) is 0 Å². The van der Waals surface area contributed by atoms with Gasteiger partial charge in [0.25, 0.3) is 4.84 Å². The van der Waals surface area contributed by atoms with E-state index in [9.17, 15) is 0 Å². The summed E-state index contributed by atoms with van der Waals surface area (Å²) in [7, 11) is 0. The maximum atomic E-state index is 5.91. The van der Waals surface area contributed by atoms with Crippen LogP contribution in [0.25, 0.3) is 0 Å². The molecule has 2 aromatic rings. The van der Waals surface area contributed by atoms with Gasteiger partial charge in [0.05, 0.1) is 0 Å². The van der Waals surface area contributed by atoms with E-state index in [0.717, 1.165) is 5.56 Å². The molecule has 0 aliphatic rings. The van der Waals surface area contributed by atoms with E-state index in [4.69, 9.17) is 22.4 Å². The molecular formula is C9H9N3OS. The van der Waals surface area contributed by atoms with E-state index in [1.807, 2.05) is 30.3 Å². The Balaban J connectivity index is 2.33. The van der Waals surface area contributed by atoms with E-state index >= 15 is 0 Å². The molecule has 0 saturated heterocycles. The van der Waals surface area contributed by atoms with Crippen molar-refractivity contribution in [2.45, 2.75) is 6.04 Å². The van der Waals surface area contributed by atoms with Crippen LogP contribution in [-0.4, -0.2) is 10.2 Å². The van der Waals surface area contributed by atoms with E-state index in [1.54, 1.807) is 0 Å². The first-order chi connectivity index (χ1) is 6.77. The monoisotopic (exact) mass is 207 g/mol. The normalized spacial score (nSPS) is 12.6. The van der Waals surface area contributed by atoms with Crippen LogP contribution in [0.15, 0.2) is 34.7 Å². The Hall–Kier alpha value is -1.46. The fourth-order valence-corrected chi connectivity index (χ4v) is 1.31. The fraction of sp³-hybridized carbons (Fsp3) is 0.111. The predicted molar refractivity (Wildman–Crippen MR) is 54.2 cm³/mol. The van der Waals surface area contributed by atoms with Crippen LogP contribution in [-0.2, 0) is 0 Å². The molecule has 0 saturated carbocycles. The number of rotatable bonds is 2. The van der Waals surface area contributed by atoms with Crippen LogP contribution in [0.3, 0.4) is 0 Å². The van der Waals surface area contributed by atoms with E-state index in [0.29, 0.717) is 5.89 Å². The lowest BCUT2D eigenvalue weighted by Gasteiger charge is -2.05. The van der Waals surface area contributed by atoms with Gasteiger partial charge in [-0.2, -0.15) is 0 Å². The third-order valence-corrected chi connectivity index (χ3v) is 2.05. The summed E-state index contributed by atoms with van der Waals surface area (Å²) in [6, 6.07) is 9.21. The molecule has 1 unspecified atom stereocenters. The van der Waals surface area contributed by atoms with Gasteiger partial charge in [-0.1, -0.05) is 30.3 Å². The van der Waals surface area contributed by atoms with E-state index in [1.165, 1.54) is 0 Å². The molecule has 5 heteroatoms. The second kappa shape index (κ2) is 3.73. The number of H-pyrrole nitrogens is 1. The Bertz CT molecular complexity index is 462. The van der Waals surface area contributed by atoms with Crippen LogP contribution < -0.4 is 5.73 Å². The minimum Gasteiger partial charge on any atom is -0.412 e. The number of nitrogens with one attached hydrogen (secondary N) is 1. The molecule has 14 heavy (non-hydrogen) atoms. The van der Waals surface area contributed by atoms with E-state index in [-0.39, 0.29) is 10.9 Å². The van der Waals surface area contributed by atoms with Crippen molar-refractivity contribution in [1.82, 2.24) is 10.2 Å². The summed E-state index contributed by atoms with van der Waals surface area (Å²) in [4.78, 5) is 0.242. The zero-order valence-corrected chi connectivity index (χ0v) is 8.12. The van der Waals surface area contributed by atoms with Crippen LogP contribution in [0, 0.1) is 4.84 Å². The molecule has 1 heterocycles. The molecule has 0 spiro atoms. The van der Waals surface area contributed by atoms with Crippen molar-refractivity contribution in [2.24, 2.45) is 5.73 Å². The highest BCUT2D eigenvalue weighted by Gasteiger charge is 2.13. The summed E-state index contributed by atoms with van der Waals surface area (Å²) >= 11 is 4.76. The topological polar surface area (TPSA) is 67.8 Å². The molecule has 0 bridgehead atoms. The Morgan fingerprint density at radius 3 is 2.64 bits per heavy atom. The third kappa shape index (κ3) is 1.73. The molecular weight excluding hydrogens is 198 g/mol.